The Morgan fingerprint density at radius 3 is 3.00 bits per heavy atom. The Morgan fingerprint density at radius 2 is 2.23 bits per heavy atom. The van der Waals surface area contributed by atoms with Crippen molar-refractivity contribution in [3.05, 3.63) is 31.8 Å². The monoisotopic (exact) mass is 194 g/mol. The number of rotatable bonds is 0. The summed E-state index contributed by atoms with van der Waals surface area (Å²) >= 11 is 1.14. The van der Waals surface area contributed by atoms with Gasteiger partial charge >= 0.3 is 4.94 Å². The molecule has 0 N–H and O–H groups in total. The molecule has 0 amide bonds. The molecule has 68 valence electrons. The lowest BCUT2D eigenvalue weighted by atomic mass is 9.93. The largest absolute Gasteiger partial charge is 0.414 e. The highest BCUT2D eigenvalue weighted by Crippen LogP contribution is 2.19. The van der Waals surface area contributed by atoms with Crippen LogP contribution in [0.15, 0.2) is 21.4 Å². The van der Waals surface area contributed by atoms with E-state index in [-0.39, 0.29) is 10.4 Å². The molecule has 0 aromatic carbocycles. The molecule has 2 rings (SSSR count). The first-order valence-electron chi connectivity index (χ1n) is 4.09. The van der Waals surface area contributed by atoms with Crippen LogP contribution in [0.1, 0.15) is 13.8 Å². The zero-order valence-corrected chi connectivity index (χ0v) is 8.35. The maximum Gasteiger partial charge on any atom is 0.396 e. The van der Waals surface area contributed by atoms with Crippen LogP contribution in [0.2, 0.25) is 0 Å². The van der Waals surface area contributed by atoms with Crippen molar-refractivity contribution in [1.82, 2.24) is 0 Å². The Morgan fingerprint density at radius 1 is 1.46 bits per heavy atom. The van der Waals surface area contributed by atoms with Gasteiger partial charge in [0.25, 0.3) is 0 Å². The first-order chi connectivity index (χ1) is 6.07. The van der Waals surface area contributed by atoms with E-state index in [2.05, 4.69) is 19.9 Å². The van der Waals surface area contributed by atoms with Gasteiger partial charge in [-0.15, -0.1) is 0 Å². The minimum Gasteiger partial charge on any atom is -0.414 e. The fourth-order valence-corrected chi connectivity index (χ4v) is 1.95. The Hall–Kier alpha value is -1.09. The summed E-state index contributed by atoms with van der Waals surface area (Å²) in [5, 5.41) is 0. The highest BCUT2D eigenvalue weighted by molar-refractivity contribution is 7.06. The van der Waals surface area contributed by atoms with Gasteiger partial charge in [0.05, 0.1) is 4.53 Å². The van der Waals surface area contributed by atoms with Crippen LogP contribution < -0.4 is 14.9 Å². The third-order valence-corrected chi connectivity index (χ3v) is 2.71. The van der Waals surface area contributed by atoms with Crippen LogP contribution in [-0.2, 0) is 0 Å². The summed E-state index contributed by atoms with van der Waals surface area (Å²) < 4.78 is 5.97. The molecule has 0 radical (unpaired) electrons. The number of fused-ring (bicyclic) bond motifs is 1. The summed E-state index contributed by atoms with van der Waals surface area (Å²) in [4.78, 5) is 10.7. The third kappa shape index (κ3) is 1.65. The number of allylic oxidation sites excluding steroid dienone is 2. The standard InChI is InChI=1S/C10H10O2S/c1-10(2)5-3-4-8-7(6-10)12-9(11)13-8/h3-6H,1-2H3. The molecule has 1 aromatic rings. The molecule has 13 heavy (non-hydrogen) atoms. The Labute approximate surface area is 79.5 Å². The van der Waals surface area contributed by atoms with E-state index < -0.39 is 0 Å². The molecule has 0 fully saturated rings. The minimum atomic E-state index is -0.233. The maximum atomic E-state index is 11.0. The molecule has 2 nitrogen and oxygen atoms in total. The average Bonchev–Trinajstić information content (AvgIpc) is 2.23. The predicted octanol–water partition coefficient (Wildman–Crippen LogP) is 0.858. The molecule has 1 aliphatic carbocycles. The van der Waals surface area contributed by atoms with Gasteiger partial charge in [-0.3, -0.25) is 0 Å². The second kappa shape index (κ2) is 2.70. The van der Waals surface area contributed by atoms with Crippen LogP contribution in [0.5, 0.6) is 0 Å². The van der Waals surface area contributed by atoms with E-state index in [9.17, 15) is 4.79 Å². The molecule has 0 bridgehead atoms. The number of hydrogen-bond acceptors (Lipinski definition) is 3. The van der Waals surface area contributed by atoms with Gasteiger partial charge in [0.15, 0.2) is 0 Å². The highest BCUT2D eigenvalue weighted by Gasteiger charge is 2.12. The van der Waals surface area contributed by atoms with Crippen molar-refractivity contribution in [2.45, 2.75) is 13.8 Å². The van der Waals surface area contributed by atoms with Gasteiger partial charge in [0.2, 0.25) is 0 Å². The topological polar surface area (TPSA) is 30.2 Å². The van der Waals surface area contributed by atoms with Gasteiger partial charge in [0.1, 0.15) is 5.42 Å². The third-order valence-electron chi connectivity index (χ3n) is 1.91. The molecule has 1 aromatic heterocycles. The molecule has 0 spiro atoms. The molecular formula is C10H10O2S. The van der Waals surface area contributed by atoms with Gasteiger partial charge in [-0.1, -0.05) is 37.3 Å². The fraction of sp³-hybridized carbons (Fsp3) is 0.300. The van der Waals surface area contributed by atoms with Crippen molar-refractivity contribution in [1.29, 1.82) is 0 Å². The van der Waals surface area contributed by atoms with E-state index in [1.807, 2.05) is 18.2 Å². The molecule has 1 aliphatic rings. The van der Waals surface area contributed by atoms with Crippen molar-refractivity contribution in [2.75, 3.05) is 0 Å². The maximum absolute atomic E-state index is 11.0. The molecule has 3 heteroatoms. The summed E-state index contributed by atoms with van der Waals surface area (Å²) in [6.45, 7) is 4.15. The van der Waals surface area contributed by atoms with Crippen molar-refractivity contribution >= 4 is 23.5 Å². The van der Waals surface area contributed by atoms with E-state index >= 15 is 0 Å². The predicted molar refractivity (Wildman–Crippen MR) is 54.0 cm³/mol. The van der Waals surface area contributed by atoms with Crippen LogP contribution in [-0.4, -0.2) is 0 Å². The van der Waals surface area contributed by atoms with Crippen LogP contribution in [0, 0.1) is 5.41 Å². The summed E-state index contributed by atoms with van der Waals surface area (Å²) in [7, 11) is 0. The molecule has 0 aliphatic heterocycles. The van der Waals surface area contributed by atoms with Gasteiger partial charge in [-0.05, 0) is 12.2 Å². The lowest BCUT2D eigenvalue weighted by Crippen LogP contribution is -2.19. The molecule has 1 heterocycles. The number of hydrogen-bond donors (Lipinski definition) is 0. The van der Waals surface area contributed by atoms with Crippen molar-refractivity contribution < 1.29 is 4.42 Å². The summed E-state index contributed by atoms with van der Waals surface area (Å²) in [5.74, 6) is 0. The molecule has 0 unspecified atom stereocenters. The summed E-state index contributed by atoms with van der Waals surface area (Å²) in [6.07, 6.45) is 7.93. The lowest BCUT2D eigenvalue weighted by Gasteiger charge is -2.11. The smallest absolute Gasteiger partial charge is 0.396 e. The van der Waals surface area contributed by atoms with Gasteiger partial charge < -0.3 is 4.42 Å². The average molecular weight is 194 g/mol. The summed E-state index contributed by atoms with van der Waals surface area (Å²) in [5.41, 5.74) is 0.656. The second-order valence-electron chi connectivity index (χ2n) is 3.67. The minimum absolute atomic E-state index is 0.0429. The lowest BCUT2D eigenvalue weighted by molar-refractivity contribution is 0.493. The van der Waals surface area contributed by atoms with Gasteiger partial charge in [-0.2, -0.15) is 0 Å². The van der Waals surface area contributed by atoms with Crippen LogP contribution in [0.4, 0.5) is 0 Å². The Kier molecular flexibility index (Phi) is 1.77. The van der Waals surface area contributed by atoms with E-state index in [0.29, 0.717) is 5.42 Å². The van der Waals surface area contributed by atoms with Crippen molar-refractivity contribution in [2.24, 2.45) is 5.41 Å². The molecule has 0 atom stereocenters. The fourth-order valence-electron chi connectivity index (χ4n) is 1.29. The van der Waals surface area contributed by atoms with Crippen LogP contribution >= 0.6 is 11.3 Å². The summed E-state index contributed by atoms with van der Waals surface area (Å²) in [6, 6.07) is 0. The SMILES string of the molecule is CC1(C)C=CC=c2sc(=O)oc2=C1. The Bertz CT molecular complexity index is 514. The van der Waals surface area contributed by atoms with Gasteiger partial charge in [-0.25, -0.2) is 4.79 Å². The molecule has 0 saturated heterocycles. The quantitative estimate of drug-likeness (QED) is 0.613. The first-order valence-corrected chi connectivity index (χ1v) is 4.91. The van der Waals surface area contributed by atoms with Crippen molar-refractivity contribution in [3.63, 3.8) is 0 Å². The normalized spacial score (nSPS) is 18.3. The van der Waals surface area contributed by atoms with Crippen LogP contribution in [0.25, 0.3) is 12.2 Å². The van der Waals surface area contributed by atoms with Gasteiger partial charge in [0, 0.05) is 5.41 Å². The van der Waals surface area contributed by atoms with E-state index in [4.69, 9.17) is 4.42 Å². The van der Waals surface area contributed by atoms with E-state index in [0.717, 1.165) is 15.9 Å². The zero-order chi connectivity index (χ0) is 9.47. The van der Waals surface area contributed by atoms with Crippen molar-refractivity contribution in [3.8, 4) is 0 Å². The first kappa shape index (κ1) is 8.51. The molecule has 0 saturated carbocycles. The van der Waals surface area contributed by atoms with Crippen LogP contribution in [0.3, 0.4) is 0 Å². The second-order valence-corrected chi connectivity index (χ2v) is 4.65. The highest BCUT2D eigenvalue weighted by atomic mass is 32.1. The zero-order valence-electron chi connectivity index (χ0n) is 7.53. The van der Waals surface area contributed by atoms with E-state index in [1.165, 1.54) is 0 Å². The Balaban J connectivity index is 2.83. The van der Waals surface area contributed by atoms with E-state index in [1.54, 1.807) is 0 Å². The molecular weight excluding hydrogens is 184 g/mol.